The zero-order valence-electron chi connectivity index (χ0n) is 45.8. The minimum Gasteiger partial charge on any atom is -0.309 e. The summed E-state index contributed by atoms with van der Waals surface area (Å²) in [4.78, 5) is 15.2. The maximum absolute atomic E-state index is 16.5. The van der Waals surface area contributed by atoms with Crippen LogP contribution in [0.15, 0.2) is 279 Å². The lowest BCUT2D eigenvalue weighted by molar-refractivity contribution is -0.137. The molecule has 0 saturated carbocycles. The summed E-state index contributed by atoms with van der Waals surface area (Å²) in [5.74, 6) is 1.18. The Kier molecular flexibility index (Phi) is 10.9. The summed E-state index contributed by atoms with van der Waals surface area (Å²) in [6.45, 7) is 0. The van der Waals surface area contributed by atoms with Gasteiger partial charge in [-0.05, 0) is 103 Å². The maximum atomic E-state index is 16.5. The van der Waals surface area contributed by atoms with E-state index in [4.69, 9.17) is 15.0 Å². The molecule has 406 valence electrons. The molecule has 0 aliphatic rings. The number of aromatic nitrogens is 7. The van der Waals surface area contributed by atoms with Gasteiger partial charge in [-0.15, -0.1) is 0 Å². The molecular weight excluding hydrogens is 1070 g/mol. The van der Waals surface area contributed by atoms with E-state index in [1.807, 2.05) is 140 Å². The van der Waals surface area contributed by atoms with Crippen LogP contribution in [0.2, 0.25) is 0 Å². The van der Waals surface area contributed by atoms with Crippen molar-refractivity contribution >= 4 is 87.2 Å². The van der Waals surface area contributed by atoms with Gasteiger partial charge in [-0.2, -0.15) is 13.2 Å². The number of alkyl halides is 3. The van der Waals surface area contributed by atoms with Crippen LogP contribution in [0.4, 0.5) is 13.2 Å². The zero-order chi connectivity index (χ0) is 57.2. The first-order chi connectivity index (χ1) is 42.3. The van der Waals surface area contributed by atoms with Gasteiger partial charge in [0.2, 0.25) is 0 Å². The van der Waals surface area contributed by atoms with Crippen molar-refractivity contribution in [1.29, 1.82) is 0 Å². The highest BCUT2D eigenvalue weighted by Crippen LogP contribution is 2.48. The lowest BCUT2D eigenvalue weighted by atomic mass is 9.94. The van der Waals surface area contributed by atoms with E-state index in [2.05, 4.69) is 140 Å². The van der Waals surface area contributed by atoms with Crippen molar-refractivity contribution in [3.63, 3.8) is 0 Å². The second kappa shape index (κ2) is 19.1. The third-order valence-corrected chi connectivity index (χ3v) is 17.0. The fraction of sp³-hybridized carbons (Fsp3) is 0.0132. The van der Waals surface area contributed by atoms with E-state index in [9.17, 15) is 0 Å². The van der Waals surface area contributed by atoms with E-state index in [1.165, 1.54) is 6.07 Å². The van der Waals surface area contributed by atoms with Gasteiger partial charge in [0.05, 0.1) is 55.4 Å². The Labute approximate surface area is 490 Å². The number of rotatable bonds is 8. The van der Waals surface area contributed by atoms with Gasteiger partial charge in [0.1, 0.15) is 0 Å². The molecule has 0 unspecified atom stereocenters. The van der Waals surface area contributed by atoms with E-state index < -0.39 is 11.7 Å². The SMILES string of the molecule is FC(F)(F)c1ccc(-n2c3ccccc3c3c2ccc2c4ccccc4n(-c4ccccc4)c23)cc1-c1cc(-c2nc(-c3ccccc3)nc(-c3ccccc3)n2)ccc1-n1c2ccccc2c2c1ccc1c3ccccc3n(-c3ccccc3)c12. The highest BCUT2D eigenvalue weighted by molar-refractivity contribution is 6.28. The Morgan fingerprint density at radius 3 is 1.16 bits per heavy atom. The second-order valence-electron chi connectivity index (χ2n) is 21.8. The number of halogens is 3. The third-order valence-electron chi connectivity index (χ3n) is 17.0. The van der Waals surface area contributed by atoms with Gasteiger partial charge in [0, 0.05) is 82.4 Å². The first-order valence-corrected chi connectivity index (χ1v) is 28.6. The van der Waals surface area contributed by atoms with E-state index in [0.717, 1.165) is 110 Å². The van der Waals surface area contributed by atoms with Gasteiger partial charge >= 0.3 is 6.18 Å². The molecule has 0 fully saturated rings. The summed E-state index contributed by atoms with van der Waals surface area (Å²) in [5.41, 5.74) is 12.2. The molecule has 12 aromatic carbocycles. The first kappa shape index (κ1) is 49.3. The molecule has 86 heavy (non-hydrogen) atoms. The van der Waals surface area contributed by atoms with E-state index in [1.54, 1.807) is 12.1 Å². The molecule has 5 heterocycles. The van der Waals surface area contributed by atoms with Crippen molar-refractivity contribution in [2.45, 2.75) is 6.18 Å². The van der Waals surface area contributed by atoms with Crippen LogP contribution in [0, 0.1) is 0 Å². The fourth-order valence-corrected chi connectivity index (χ4v) is 13.4. The standard InChI is InChI=1S/C76H46F3N7/c77-76(78,79)61-41-38-52(83-64-35-19-15-31-57(64)69-67(83)43-39-55-53-29-13-17-33-62(53)84(71(55)69)50-25-9-3-10-26-50)46-59(61)60-45-49(75-81-73(47-21-5-1-6-22-47)80-74(82-75)48-23-7-2-8-24-48)37-42-66(60)86-65-36-20-16-32-58(65)70-68(86)44-40-56-54-30-14-18-34-63(54)85(72(56)70)51-27-11-4-12-28-51/h1-46H. The average Bonchev–Trinajstić information content (AvgIpc) is 1.62. The van der Waals surface area contributed by atoms with Gasteiger partial charge < -0.3 is 18.3 Å². The highest BCUT2D eigenvalue weighted by atomic mass is 19.4. The largest absolute Gasteiger partial charge is 0.417 e. The summed E-state index contributed by atoms with van der Waals surface area (Å²) in [6.07, 6.45) is -4.79. The molecular formula is C76H46F3N7. The van der Waals surface area contributed by atoms with Crippen molar-refractivity contribution in [3.05, 3.63) is 285 Å². The Bertz CT molecular complexity index is 5510. The van der Waals surface area contributed by atoms with Crippen molar-refractivity contribution in [1.82, 2.24) is 33.2 Å². The second-order valence-corrected chi connectivity index (χ2v) is 21.8. The van der Waals surface area contributed by atoms with Gasteiger partial charge in [0.15, 0.2) is 17.5 Å². The quantitative estimate of drug-likeness (QED) is 0.152. The summed E-state index contributed by atoms with van der Waals surface area (Å²) in [5, 5.41) is 8.22. The van der Waals surface area contributed by atoms with Crippen molar-refractivity contribution in [2.75, 3.05) is 0 Å². The molecule has 0 radical (unpaired) electrons. The molecule has 10 heteroatoms. The van der Waals surface area contributed by atoms with Crippen LogP contribution in [-0.4, -0.2) is 33.2 Å². The normalized spacial score (nSPS) is 12.1. The Balaban J connectivity index is 0.984. The highest BCUT2D eigenvalue weighted by Gasteiger charge is 2.36. The van der Waals surface area contributed by atoms with Crippen LogP contribution in [-0.2, 0) is 6.18 Å². The molecule has 7 nitrogen and oxygen atoms in total. The van der Waals surface area contributed by atoms with E-state index in [-0.39, 0.29) is 5.56 Å². The Hall–Kier alpha value is -11.4. The first-order valence-electron chi connectivity index (χ1n) is 28.6. The summed E-state index contributed by atoms with van der Waals surface area (Å²) < 4.78 is 58.4. The van der Waals surface area contributed by atoms with Gasteiger partial charge in [0.25, 0.3) is 0 Å². The number of nitrogens with zero attached hydrogens (tertiary/aromatic N) is 7. The smallest absolute Gasteiger partial charge is 0.309 e. The molecule has 0 amide bonds. The minimum atomic E-state index is -4.79. The number of fused-ring (bicyclic) bond motifs is 14. The number of hydrogen-bond acceptors (Lipinski definition) is 3. The average molecular weight is 1110 g/mol. The monoisotopic (exact) mass is 1110 g/mol. The lowest BCUT2D eigenvalue weighted by Crippen LogP contribution is -2.10. The molecule has 0 aliphatic carbocycles. The van der Waals surface area contributed by atoms with Crippen LogP contribution >= 0.6 is 0 Å². The van der Waals surface area contributed by atoms with Gasteiger partial charge in [-0.3, -0.25) is 0 Å². The summed E-state index contributed by atoms with van der Waals surface area (Å²) in [6, 6.07) is 92.1. The molecule has 0 saturated heterocycles. The van der Waals surface area contributed by atoms with Crippen molar-refractivity contribution in [2.24, 2.45) is 0 Å². The Morgan fingerprint density at radius 2 is 0.674 bits per heavy atom. The Morgan fingerprint density at radius 1 is 0.267 bits per heavy atom. The number of benzene rings is 12. The maximum Gasteiger partial charge on any atom is 0.417 e. The van der Waals surface area contributed by atoms with E-state index >= 15 is 13.2 Å². The predicted molar refractivity (Wildman–Crippen MR) is 344 cm³/mol. The van der Waals surface area contributed by atoms with Crippen molar-refractivity contribution < 1.29 is 13.2 Å². The lowest BCUT2D eigenvalue weighted by Gasteiger charge is -2.21. The molecule has 0 atom stereocenters. The molecule has 0 spiro atoms. The third kappa shape index (κ3) is 7.52. The topological polar surface area (TPSA) is 58.4 Å². The molecule has 17 rings (SSSR count). The molecule has 0 aliphatic heterocycles. The van der Waals surface area contributed by atoms with Crippen LogP contribution in [0.1, 0.15) is 5.56 Å². The molecule has 5 aromatic heterocycles. The van der Waals surface area contributed by atoms with Gasteiger partial charge in [-0.1, -0.05) is 182 Å². The summed E-state index contributed by atoms with van der Waals surface area (Å²) in [7, 11) is 0. The van der Waals surface area contributed by atoms with E-state index in [0.29, 0.717) is 40.0 Å². The van der Waals surface area contributed by atoms with Crippen molar-refractivity contribution in [3.8, 4) is 68.0 Å². The number of para-hydroxylation sites is 6. The van der Waals surface area contributed by atoms with Crippen LogP contribution < -0.4 is 0 Å². The fourth-order valence-electron chi connectivity index (χ4n) is 13.4. The zero-order valence-corrected chi connectivity index (χ0v) is 45.8. The predicted octanol–water partition coefficient (Wildman–Crippen LogP) is 19.9. The van der Waals surface area contributed by atoms with Gasteiger partial charge in [-0.25, -0.2) is 15.0 Å². The van der Waals surface area contributed by atoms with Crippen LogP contribution in [0.5, 0.6) is 0 Å². The van der Waals surface area contributed by atoms with Crippen LogP contribution in [0.3, 0.4) is 0 Å². The molecule has 0 bridgehead atoms. The molecule has 0 N–H and O–H groups in total. The van der Waals surface area contributed by atoms with Crippen LogP contribution in [0.25, 0.3) is 155 Å². The summed E-state index contributed by atoms with van der Waals surface area (Å²) >= 11 is 0. The molecule has 17 aromatic rings. The number of hydrogen-bond donors (Lipinski definition) is 0. The minimum absolute atomic E-state index is 0.0108.